The fourth-order valence-corrected chi connectivity index (χ4v) is 2.42. The first kappa shape index (κ1) is 12.4. The largest absolute Gasteiger partial charge is 0.319 e. The van der Waals surface area contributed by atoms with Crippen LogP contribution in [0, 0.1) is 13.8 Å². The third-order valence-corrected chi connectivity index (χ3v) is 3.46. The average Bonchev–Trinajstić information content (AvgIpc) is 2.46. The van der Waals surface area contributed by atoms with E-state index in [9.17, 15) is 0 Å². The van der Waals surface area contributed by atoms with Crippen LogP contribution in [0.4, 0.5) is 0 Å². The van der Waals surface area contributed by atoms with E-state index in [2.05, 4.69) is 37.1 Å². The number of nitrogens with zero attached hydrogens (tertiary/aromatic N) is 1. The molecule has 0 atom stereocenters. The third kappa shape index (κ3) is 4.14. The van der Waals surface area contributed by atoms with Crippen LogP contribution in [0.15, 0.2) is 11.6 Å². The highest BCUT2D eigenvalue weighted by Gasteiger charge is 2.03. The number of nitrogens with one attached hydrogen (secondary N) is 1. The van der Waals surface area contributed by atoms with Crippen molar-refractivity contribution in [1.29, 1.82) is 0 Å². The molecular weight excluding hydrogens is 204 g/mol. The number of thiazole rings is 1. The second-order valence-corrected chi connectivity index (χ2v) is 5.16. The highest BCUT2D eigenvalue weighted by molar-refractivity contribution is 7.11. The summed E-state index contributed by atoms with van der Waals surface area (Å²) >= 11 is 1.81. The van der Waals surface area contributed by atoms with Crippen LogP contribution in [0.2, 0.25) is 0 Å². The van der Waals surface area contributed by atoms with Gasteiger partial charge in [-0.3, -0.25) is 0 Å². The highest BCUT2D eigenvalue weighted by Crippen LogP contribution is 2.19. The van der Waals surface area contributed by atoms with E-state index in [-0.39, 0.29) is 0 Å². The van der Waals surface area contributed by atoms with Gasteiger partial charge in [0.1, 0.15) is 0 Å². The Hall–Kier alpha value is -0.670. The molecule has 0 fully saturated rings. The molecule has 1 heterocycles. The van der Waals surface area contributed by atoms with Crippen molar-refractivity contribution in [2.24, 2.45) is 0 Å². The van der Waals surface area contributed by atoms with E-state index in [0.29, 0.717) is 0 Å². The van der Waals surface area contributed by atoms with E-state index in [0.717, 1.165) is 19.4 Å². The summed E-state index contributed by atoms with van der Waals surface area (Å²) in [6.45, 7) is 7.45. The quantitative estimate of drug-likeness (QED) is 0.614. The molecule has 0 saturated heterocycles. The standard InChI is InChI=1S/C12H20N2S/c1-9(6-5-7-13-4)8-12-14-10(2)11(3)15-12/h6,13H,5,7-8H2,1-4H3. The first-order valence-corrected chi connectivity index (χ1v) is 6.18. The fourth-order valence-electron chi connectivity index (χ4n) is 1.39. The average molecular weight is 224 g/mol. The summed E-state index contributed by atoms with van der Waals surface area (Å²) < 4.78 is 0. The Kier molecular flexibility index (Phi) is 4.99. The summed E-state index contributed by atoms with van der Waals surface area (Å²) in [5.74, 6) is 0. The molecule has 2 nitrogen and oxygen atoms in total. The van der Waals surface area contributed by atoms with Crippen molar-refractivity contribution >= 4 is 11.3 Å². The second kappa shape index (κ2) is 6.03. The fraction of sp³-hybridized carbons (Fsp3) is 0.583. The predicted molar refractivity (Wildman–Crippen MR) is 67.6 cm³/mol. The van der Waals surface area contributed by atoms with E-state index < -0.39 is 0 Å². The molecule has 0 aliphatic rings. The monoisotopic (exact) mass is 224 g/mol. The lowest BCUT2D eigenvalue weighted by Crippen LogP contribution is -2.06. The Balaban J connectivity index is 2.50. The van der Waals surface area contributed by atoms with Gasteiger partial charge in [-0.25, -0.2) is 4.98 Å². The summed E-state index contributed by atoms with van der Waals surface area (Å²) in [7, 11) is 1.98. The van der Waals surface area contributed by atoms with Gasteiger partial charge in [-0.1, -0.05) is 11.6 Å². The van der Waals surface area contributed by atoms with Gasteiger partial charge < -0.3 is 5.32 Å². The van der Waals surface area contributed by atoms with Crippen LogP contribution >= 0.6 is 11.3 Å². The predicted octanol–water partition coefficient (Wildman–Crippen LogP) is 2.86. The lowest BCUT2D eigenvalue weighted by Gasteiger charge is -1.98. The van der Waals surface area contributed by atoms with E-state index >= 15 is 0 Å². The van der Waals surface area contributed by atoms with E-state index in [1.54, 1.807) is 0 Å². The van der Waals surface area contributed by atoms with Crippen LogP contribution < -0.4 is 5.32 Å². The molecule has 0 aliphatic heterocycles. The minimum atomic E-state index is 1.00. The van der Waals surface area contributed by atoms with Crippen LogP contribution in [0.3, 0.4) is 0 Å². The van der Waals surface area contributed by atoms with Gasteiger partial charge in [0.15, 0.2) is 0 Å². The Bertz CT molecular complexity index is 320. The third-order valence-electron chi connectivity index (χ3n) is 2.39. The maximum Gasteiger partial charge on any atom is 0.0971 e. The lowest BCUT2D eigenvalue weighted by molar-refractivity contribution is 0.802. The number of hydrogen-bond acceptors (Lipinski definition) is 3. The van der Waals surface area contributed by atoms with Crippen LogP contribution in [-0.2, 0) is 6.42 Å². The molecule has 0 bridgehead atoms. The first-order valence-electron chi connectivity index (χ1n) is 5.36. The molecule has 0 radical (unpaired) electrons. The van der Waals surface area contributed by atoms with E-state index in [4.69, 9.17) is 0 Å². The van der Waals surface area contributed by atoms with E-state index in [1.165, 1.54) is 21.2 Å². The van der Waals surface area contributed by atoms with E-state index in [1.807, 2.05) is 18.4 Å². The molecule has 1 rings (SSSR count). The maximum absolute atomic E-state index is 4.54. The van der Waals surface area contributed by atoms with Gasteiger partial charge in [-0.15, -0.1) is 11.3 Å². The molecule has 15 heavy (non-hydrogen) atoms. The summed E-state index contributed by atoms with van der Waals surface area (Å²) in [6.07, 6.45) is 4.40. The van der Waals surface area contributed by atoms with Crippen molar-refractivity contribution in [2.75, 3.05) is 13.6 Å². The first-order chi connectivity index (χ1) is 7.13. The molecule has 84 valence electrons. The van der Waals surface area contributed by atoms with Crippen molar-refractivity contribution in [3.63, 3.8) is 0 Å². The van der Waals surface area contributed by atoms with Crippen molar-refractivity contribution in [2.45, 2.75) is 33.6 Å². The summed E-state index contributed by atoms with van der Waals surface area (Å²) in [5, 5.41) is 4.38. The zero-order valence-electron chi connectivity index (χ0n) is 10.1. The molecule has 1 aromatic heterocycles. The number of aryl methyl sites for hydroxylation is 2. The molecular formula is C12H20N2S. The summed E-state index contributed by atoms with van der Waals surface area (Å²) in [6, 6.07) is 0. The normalized spacial score (nSPS) is 12.1. The Morgan fingerprint density at radius 3 is 2.73 bits per heavy atom. The van der Waals surface area contributed by atoms with Crippen molar-refractivity contribution < 1.29 is 0 Å². The SMILES string of the molecule is CNCCC=C(C)Cc1nc(C)c(C)s1. The molecule has 0 aliphatic carbocycles. The molecule has 1 aromatic rings. The second-order valence-electron chi connectivity index (χ2n) is 3.87. The highest BCUT2D eigenvalue weighted by atomic mass is 32.1. The number of hydrogen-bond donors (Lipinski definition) is 1. The molecule has 3 heteroatoms. The molecule has 0 aromatic carbocycles. The smallest absolute Gasteiger partial charge is 0.0971 e. The van der Waals surface area contributed by atoms with Crippen LogP contribution in [0.25, 0.3) is 0 Å². The van der Waals surface area contributed by atoms with Crippen molar-refractivity contribution in [1.82, 2.24) is 10.3 Å². The molecule has 1 N–H and O–H groups in total. The minimum Gasteiger partial charge on any atom is -0.319 e. The van der Waals surface area contributed by atoms with Gasteiger partial charge in [0.25, 0.3) is 0 Å². The topological polar surface area (TPSA) is 24.9 Å². The zero-order valence-corrected chi connectivity index (χ0v) is 10.9. The summed E-state index contributed by atoms with van der Waals surface area (Å²) in [4.78, 5) is 5.88. The number of aromatic nitrogens is 1. The molecule has 0 unspecified atom stereocenters. The number of rotatable bonds is 5. The Morgan fingerprint density at radius 2 is 2.20 bits per heavy atom. The van der Waals surface area contributed by atoms with Gasteiger partial charge in [-0.05, 0) is 40.8 Å². The van der Waals surface area contributed by atoms with Crippen LogP contribution in [0.1, 0.15) is 28.9 Å². The molecule has 0 saturated carbocycles. The van der Waals surface area contributed by atoms with Crippen molar-refractivity contribution in [3.8, 4) is 0 Å². The maximum atomic E-state index is 4.54. The molecule has 0 amide bonds. The number of allylic oxidation sites excluding steroid dienone is 1. The lowest BCUT2D eigenvalue weighted by atomic mass is 10.2. The van der Waals surface area contributed by atoms with Crippen LogP contribution in [-0.4, -0.2) is 18.6 Å². The zero-order chi connectivity index (χ0) is 11.3. The van der Waals surface area contributed by atoms with Gasteiger partial charge in [0.05, 0.1) is 10.7 Å². The summed E-state index contributed by atoms with van der Waals surface area (Å²) in [5.41, 5.74) is 2.59. The Morgan fingerprint density at radius 1 is 1.47 bits per heavy atom. The van der Waals surface area contributed by atoms with Crippen molar-refractivity contribution in [3.05, 3.63) is 27.2 Å². The molecule has 0 spiro atoms. The van der Waals surface area contributed by atoms with Gasteiger partial charge in [0.2, 0.25) is 0 Å². The minimum absolute atomic E-state index is 1.00. The van der Waals surface area contributed by atoms with Gasteiger partial charge in [-0.2, -0.15) is 0 Å². The van der Waals surface area contributed by atoms with Gasteiger partial charge >= 0.3 is 0 Å². The van der Waals surface area contributed by atoms with Gasteiger partial charge in [0, 0.05) is 11.3 Å². The van der Waals surface area contributed by atoms with Crippen LogP contribution in [0.5, 0.6) is 0 Å². The Labute approximate surface area is 96.4 Å².